The van der Waals surface area contributed by atoms with Crippen molar-refractivity contribution in [3.05, 3.63) is 54.1 Å². The average molecular weight is 359 g/mol. The van der Waals surface area contributed by atoms with Crippen LogP contribution < -0.4 is 9.46 Å². The number of hydrogen-bond acceptors (Lipinski definition) is 6. The average Bonchev–Trinajstić information content (AvgIpc) is 2.83. The second-order valence-electron chi connectivity index (χ2n) is 5.40. The molecule has 25 heavy (non-hydrogen) atoms. The van der Waals surface area contributed by atoms with Crippen LogP contribution in [0.5, 0.6) is 11.8 Å². The molecule has 0 unspecified atom stereocenters. The Balaban J connectivity index is 1.79. The van der Waals surface area contributed by atoms with E-state index in [0.717, 1.165) is 0 Å². The van der Waals surface area contributed by atoms with Crippen molar-refractivity contribution in [1.29, 1.82) is 0 Å². The van der Waals surface area contributed by atoms with Crippen molar-refractivity contribution in [1.82, 2.24) is 19.7 Å². The third kappa shape index (κ3) is 3.61. The van der Waals surface area contributed by atoms with Crippen LogP contribution in [0.3, 0.4) is 0 Å². The van der Waals surface area contributed by atoms with Crippen molar-refractivity contribution >= 4 is 15.7 Å². The molecule has 3 rings (SSSR count). The van der Waals surface area contributed by atoms with E-state index in [1.165, 1.54) is 17.1 Å². The molecular formula is C16H17N5O3S. The molecule has 0 aliphatic heterocycles. The Labute approximate surface area is 145 Å². The third-order valence-electron chi connectivity index (χ3n) is 3.54. The second-order valence-corrected chi connectivity index (χ2v) is 7.02. The van der Waals surface area contributed by atoms with Gasteiger partial charge in [-0.05, 0) is 26.0 Å². The summed E-state index contributed by atoms with van der Waals surface area (Å²) in [5, 5.41) is 4.13. The number of nitrogens with zero attached hydrogens (tertiary/aromatic N) is 4. The SMILES string of the molecule is Cc1nn(C)c(C)c1S(=O)(=O)Nc1cnc(Oc2ccccc2)nc1. The van der Waals surface area contributed by atoms with E-state index in [4.69, 9.17) is 4.74 Å². The largest absolute Gasteiger partial charge is 0.424 e. The topological polar surface area (TPSA) is 99.0 Å². The number of aryl methyl sites for hydroxylation is 2. The Kier molecular flexibility index (Phi) is 4.41. The molecule has 0 amide bonds. The summed E-state index contributed by atoms with van der Waals surface area (Å²) in [6.45, 7) is 3.34. The highest BCUT2D eigenvalue weighted by Crippen LogP contribution is 2.22. The number of nitrogens with one attached hydrogen (secondary N) is 1. The maximum absolute atomic E-state index is 12.6. The second kappa shape index (κ2) is 6.52. The first-order valence-corrected chi connectivity index (χ1v) is 8.93. The van der Waals surface area contributed by atoms with Crippen LogP contribution in [0.25, 0.3) is 0 Å². The highest BCUT2D eigenvalue weighted by molar-refractivity contribution is 7.92. The predicted octanol–water partition coefficient (Wildman–Crippen LogP) is 2.42. The number of sulfonamides is 1. The standard InChI is InChI=1S/C16H17N5O3S/c1-11-15(12(2)21(3)19-11)25(22,23)20-13-9-17-16(18-10-13)24-14-7-5-4-6-8-14/h4-10,20H,1-3H3. The van der Waals surface area contributed by atoms with Crippen molar-refractivity contribution in [2.24, 2.45) is 7.05 Å². The van der Waals surface area contributed by atoms with Gasteiger partial charge < -0.3 is 4.74 Å². The van der Waals surface area contributed by atoms with Gasteiger partial charge in [-0.3, -0.25) is 9.40 Å². The molecule has 0 spiro atoms. The highest BCUT2D eigenvalue weighted by Gasteiger charge is 2.24. The first-order valence-electron chi connectivity index (χ1n) is 7.45. The number of rotatable bonds is 5. The molecule has 0 bridgehead atoms. The zero-order valence-electron chi connectivity index (χ0n) is 14.0. The van der Waals surface area contributed by atoms with Crippen molar-refractivity contribution in [2.45, 2.75) is 18.7 Å². The summed E-state index contributed by atoms with van der Waals surface area (Å²) in [5.74, 6) is 0.595. The van der Waals surface area contributed by atoms with E-state index in [9.17, 15) is 8.42 Å². The molecule has 0 fully saturated rings. The van der Waals surface area contributed by atoms with E-state index in [2.05, 4.69) is 19.8 Å². The molecule has 0 atom stereocenters. The molecule has 2 aromatic heterocycles. The van der Waals surface area contributed by atoms with E-state index in [-0.39, 0.29) is 16.6 Å². The van der Waals surface area contributed by atoms with Crippen LogP contribution in [0.1, 0.15) is 11.4 Å². The van der Waals surface area contributed by atoms with Gasteiger partial charge >= 0.3 is 6.01 Å². The molecule has 2 heterocycles. The molecule has 8 nitrogen and oxygen atoms in total. The van der Waals surface area contributed by atoms with Crippen LogP contribution in [0, 0.1) is 13.8 Å². The molecule has 9 heteroatoms. The summed E-state index contributed by atoms with van der Waals surface area (Å²) in [6.07, 6.45) is 2.70. The van der Waals surface area contributed by atoms with Gasteiger partial charge in [0.15, 0.2) is 0 Å². The normalized spacial score (nSPS) is 11.3. The van der Waals surface area contributed by atoms with Gasteiger partial charge in [0.1, 0.15) is 10.6 Å². The van der Waals surface area contributed by atoms with Gasteiger partial charge in [0, 0.05) is 7.05 Å². The molecule has 0 saturated heterocycles. The number of benzene rings is 1. The first kappa shape index (κ1) is 16.9. The Bertz CT molecular complexity index is 983. The number of anilines is 1. The highest BCUT2D eigenvalue weighted by atomic mass is 32.2. The minimum atomic E-state index is -3.78. The van der Waals surface area contributed by atoms with Crippen LogP contribution in [-0.2, 0) is 17.1 Å². The van der Waals surface area contributed by atoms with Crippen molar-refractivity contribution < 1.29 is 13.2 Å². The summed E-state index contributed by atoms with van der Waals surface area (Å²) >= 11 is 0. The predicted molar refractivity (Wildman–Crippen MR) is 92.0 cm³/mol. The van der Waals surface area contributed by atoms with Gasteiger partial charge in [-0.15, -0.1) is 0 Å². The lowest BCUT2D eigenvalue weighted by atomic mass is 10.3. The van der Waals surface area contributed by atoms with Crippen LogP contribution >= 0.6 is 0 Å². The molecule has 1 N–H and O–H groups in total. The molecule has 3 aromatic rings. The number of aromatic nitrogens is 4. The summed E-state index contributed by atoms with van der Waals surface area (Å²) in [4.78, 5) is 8.19. The first-order chi connectivity index (χ1) is 11.9. The molecule has 0 aliphatic rings. The Morgan fingerprint density at radius 3 is 2.28 bits per heavy atom. The maximum Gasteiger partial charge on any atom is 0.322 e. The fourth-order valence-corrected chi connectivity index (χ4v) is 3.83. The molecule has 0 aliphatic carbocycles. The van der Waals surface area contributed by atoms with Crippen LogP contribution in [-0.4, -0.2) is 28.2 Å². The molecule has 130 valence electrons. The fourth-order valence-electron chi connectivity index (χ4n) is 2.36. The van der Waals surface area contributed by atoms with Crippen LogP contribution in [0.4, 0.5) is 5.69 Å². The summed E-state index contributed by atoms with van der Waals surface area (Å²) in [6, 6.07) is 9.20. The Hall–Kier alpha value is -2.94. The fraction of sp³-hybridized carbons (Fsp3) is 0.188. The van der Waals surface area contributed by atoms with Gasteiger partial charge in [-0.2, -0.15) is 5.10 Å². The molecule has 0 radical (unpaired) electrons. The number of ether oxygens (including phenoxy) is 1. The van der Waals surface area contributed by atoms with Gasteiger partial charge in [0.05, 0.1) is 29.5 Å². The summed E-state index contributed by atoms with van der Waals surface area (Å²) < 4.78 is 34.6. The lowest BCUT2D eigenvalue weighted by molar-refractivity contribution is 0.442. The minimum Gasteiger partial charge on any atom is -0.424 e. The minimum absolute atomic E-state index is 0.128. The van der Waals surface area contributed by atoms with E-state index < -0.39 is 10.0 Å². The lowest BCUT2D eigenvalue weighted by Crippen LogP contribution is -2.15. The van der Waals surface area contributed by atoms with E-state index in [1.54, 1.807) is 33.0 Å². The smallest absolute Gasteiger partial charge is 0.322 e. The van der Waals surface area contributed by atoms with Crippen molar-refractivity contribution in [3.8, 4) is 11.8 Å². The van der Waals surface area contributed by atoms with E-state index >= 15 is 0 Å². The maximum atomic E-state index is 12.6. The van der Waals surface area contributed by atoms with Gasteiger partial charge in [0.25, 0.3) is 10.0 Å². The monoisotopic (exact) mass is 359 g/mol. The molecular weight excluding hydrogens is 342 g/mol. The van der Waals surface area contributed by atoms with Crippen LogP contribution in [0.15, 0.2) is 47.6 Å². The van der Waals surface area contributed by atoms with Crippen molar-refractivity contribution in [3.63, 3.8) is 0 Å². The molecule has 1 aromatic carbocycles. The van der Waals surface area contributed by atoms with Crippen LogP contribution in [0.2, 0.25) is 0 Å². The quantitative estimate of drug-likeness (QED) is 0.751. The zero-order valence-corrected chi connectivity index (χ0v) is 14.8. The van der Waals surface area contributed by atoms with Crippen molar-refractivity contribution in [2.75, 3.05) is 4.72 Å². The van der Waals surface area contributed by atoms with E-state index in [0.29, 0.717) is 17.1 Å². The lowest BCUT2D eigenvalue weighted by Gasteiger charge is -2.08. The summed E-state index contributed by atoms with van der Waals surface area (Å²) in [5.41, 5.74) is 1.22. The molecule has 0 saturated carbocycles. The van der Waals surface area contributed by atoms with Gasteiger partial charge in [-0.1, -0.05) is 18.2 Å². The Morgan fingerprint density at radius 2 is 1.72 bits per heavy atom. The number of para-hydroxylation sites is 1. The third-order valence-corrected chi connectivity index (χ3v) is 5.18. The van der Waals surface area contributed by atoms with Gasteiger partial charge in [-0.25, -0.2) is 18.4 Å². The van der Waals surface area contributed by atoms with E-state index in [1.807, 2.05) is 18.2 Å². The van der Waals surface area contributed by atoms with Gasteiger partial charge in [0.2, 0.25) is 0 Å². The Morgan fingerprint density at radius 1 is 1.08 bits per heavy atom. The zero-order chi connectivity index (χ0) is 18.0. The number of hydrogen-bond donors (Lipinski definition) is 1. The summed E-state index contributed by atoms with van der Waals surface area (Å²) in [7, 11) is -2.09.